The minimum Gasteiger partial charge on any atom is -0.461 e. The fourth-order valence-corrected chi connectivity index (χ4v) is 3.71. The molecule has 0 amide bonds. The van der Waals surface area contributed by atoms with Crippen LogP contribution in [0.5, 0.6) is 0 Å². The van der Waals surface area contributed by atoms with Crippen LogP contribution in [0, 0.1) is 17.8 Å². The summed E-state index contributed by atoms with van der Waals surface area (Å²) < 4.78 is 5.54. The van der Waals surface area contributed by atoms with Gasteiger partial charge in [-0.25, -0.2) is 0 Å². The summed E-state index contributed by atoms with van der Waals surface area (Å²) in [5.41, 5.74) is 2.63. The molecule has 0 N–H and O–H groups in total. The summed E-state index contributed by atoms with van der Waals surface area (Å²) in [7, 11) is 0. The van der Waals surface area contributed by atoms with E-state index in [1.807, 2.05) is 0 Å². The zero-order valence-corrected chi connectivity index (χ0v) is 9.58. The van der Waals surface area contributed by atoms with Crippen LogP contribution in [0.1, 0.15) is 32.1 Å². The SMILES string of the molecule is C=C1CCC2CC(=O)OC2C2C(=C)CCC12. The summed E-state index contributed by atoms with van der Waals surface area (Å²) in [6, 6.07) is 0. The van der Waals surface area contributed by atoms with Crippen LogP contribution in [0.25, 0.3) is 0 Å². The normalized spacial score (nSPS) is 42.6. The molecule has 1 aliphatic heterocycles. The highest BCUT2D eigenvalue weighted by molar-refractivity contribution is 5.72. The average molecular weight is 218 g/mol. The van der Waals surface area contributed by atoms with Crippen LogP contribution in [-0.4, -0.2) is 12.1 Å². The molecular formula is C14H18O2. The Morgan fingerprint density at radius 3 is 2.69 bits per heavy atom. The van der Waals surface area contributed by atoms with Gasteiger partial charge in [-0.1, -0.05) is 24.3 Å². The number of fused-ring (bicyclic) bond motifs is 3. The lowest BCUT2D eigenvalue weighted by Gasteiger charge is -2.26. The quantitative estimate of drug-likeness (QED) is 0.461. The Kier molecular flexibility index (Phi) is 2.20. The van der Waals surface area contributed by atoms with Crippen LogP contribution < -0.4 is 0 Å². The highest BCUT2D eigenvalue weighted by Gasteiger charge is 2.48. The molecule has 0 bridgehead atoms. The molecule has 16 heavy (non-hydrogen) atoms. The van der Waals surface area contributed by atoms with E-state index in [2.05, 4.69) is 13.2 Å². The first-order valence-electron chi connectivity index (χ1n) is 6.21. The van der Waals surface area contributed by atoms with Crippen LogP contribution in [0.4, 0.5) is 0 Å². The average Bonchev–Trinajstić information content (AvgIpc) is 2.75. The van der Waals surface area contributed by atoms with Gasteiger partial charge >= 0.3 is 5.97 Å². The van der Waals surface area contributed by atoms with Crippen LogP contribution in [0.15, 0.2) is 24.3 Å². The lowest BCUT2D eigenvalue weighted by molar-refractivity contribution is -0.143. The third kappa shape index (κ3) is 1.35. The number of hydrogen-bond acceptors (Lipinski definition) is 2. The second-order valence-electron chi connectivity index (χ2n) is 5.44. The van der Waals surface area contributed by atoms with E-state index >= 15 is 0 Å². The maximum atomic E-state index is 11.4. The van der Waals surface area contributed by atoms with Gasteiger partial charge in [0.25, 0.3) is 0 Å². The second-order valence-corrected chi connectivity index (χ2v) is 5.44. The molecule has 2 nitrogen and oxygen atoms in total. The molecule has 0 aromatic heterocycles. The number of esters is 1. The molecule has 4 unspecified atom stereocenters. The van der Waals surface area contributed by atoms with Crippen molar-refractivity contribution < 1.29 is 9.53 Å². The zero-order chi connectivity index (χ0) is 11.3. The van der Waals surface area contributed by atoms with E-state index in [9.17, 15) is 4.79 Å². The molecule has 0 aromatic carbocycles. The van der Waals surface area contributed by atoms with E-state index in [0.717, 1.165) is 25.7 Å². The second kappa shape index (κ2) is 3.47. The Morgan fingerprint density at radius 2 is 1.88 bits per heavy atom. The number of hydrogen-bond donors (Lipinski definition) is 0. The highest BCUT2D eigenvalue weighted by atomic mass is 16.6. The van der Waals surface area contributed by atoms with Crippen molar-refractivity contribution in [2.24, 2.45) is 17.8 Å². The predicted octanol–water partition coefficient (Wildman–Crippen LogP) is 2.85. The smallest absolute Gasteiger partial charge is 0.306 e. The van der Waals surface area contributed by atoms with Gasteiger partial charge in [0.1, 0.15) is 6.10 Å². The highest BCUT2D eigenvalue weighted by Crippen LogP contribution is 2.50. The molecule has 3 rings (SSSR count). The van der Waals surface area contributed by atoms with Gasteiger partial charge in [0.2, 0.25) is 0 Å². The van der Waals surface area contributed by atoms with E-state index in [4.69, 9.17) is 4.74 Å². The van der Waals surface area contributed by atoms with Crippen molar-refractivity contribution in [1.82, 2.24) is 0 Å². The zero-order valence-electron chi connectivity index (χ0n) is 9.58. The third-order valence-electron chi connectivity index (χ3n) is 4.56. The fourth-order valence-electron chi connectivity index (χ4n) is 3.71. The molecule has 0 spiro atoms. The molecule has 3 aliphatic rings. The first-order chi connectivity index (χ1) is 7.66. The molecule has 1 heterocycles. The Labute approximate surface area is 96.4 Å². The first-order valence-corrected chi connectivity index (χ1v) is 6.21. The van der Waals surface area contributed by atoms with E-state index < -0.39 is 0 Å². The topological polar surface area (TPSA) is 26.3 Å². The summed E-state index contributed by atoms with van der Waals surface area (Å²) in [6.07, 6.45) is 5.07. The van der Waals surface area contributed by atoms with Crippen LogP contribution in [-0.2, 0) is 9.53 Å². The minimum atomic E-state index is -0.0130. The number of carbonyl (C=O) groups excluding carboxylic acids is 1. The largest absolute Gasteiger partial charge is 0.461 e. The Bertz CT molecular complexity index is 369. The molecule has 2 saturated carbocycles. The summed E-state index contributed by atoms with van der Waals surface area (Å²) in [5, 5.41) is 0. The number of allylic oxidation sites excluding steroid dienone is 1. The minimum absolute atomic E-state index is 0.0130. The molecule has 4 atom stereocenters. The van der Waals surface area contributed by atoms with Crippen LogP contribution in [0.2, 0.25) is 0 Å². The van der Waals surface area contributed by atoms with Gasteiger partial charge in [-0.05, 0) is 31.6 Å². The van der Waals surface area contributed by atoms with Gasteiger partial charge in [0.15, 0.2) is 0 Å². The first kappa shape index (κ1) is 10.1. The fraction of sp³-hybridized carbons (Fsp3) is 0.643. The maximum absolute atomic E-state index is 11.4. The van der Waals surface area contributed by atoms with Crippen molar-refractivity contribution in [3.8, 4) is 0 Å². The molecule has 2 aliphatic carbocycles. The Morgan fingerprint density at radius 1 is 1.12 bits per heavy atom. The van der Waals surface area contributed by atoms with Crippen molar-refractivity contribution in [2.45, 2.75) is 38.2 Å². The molecule has 86 valence electrons. The van der Waals surface area contributed by atoms with Crippen molar-refractivity contribution in [3.63, 3.8) is 0 Å². The van der Waals surface area contributed by atoms with Gasteiger partial charge < -0.3 is 4.74 Å². The van der Waals surface area contributed by atoms with Crippen LogP contribution in [0.3, 0.4) is 0 Å². The van der Waals surface area contributed by atoms with Crippen molar-refractivity contribution >= 4 is 5.97 Å². The molecule has 2 heteroatoms. The van der Waals surface area contributed by atoms with Gasteiger partial charge in [-0.2, -0.15) is 0 Å². The van der Waals surface area contributed by atoms with Crippen molar-refractivity contribution in [1.29, 1.82) is 0 Å². The molecule has 0 radical (unpaired) electrons. The Hall–Kier alpha value is -1.05. The Balaban J connectivity index is 1.95. The van der Waals surface area contributed by atoms with Gasteiger partial charge in [-0.15, -0.1) is 0 Å². The van der Waals surface area contributed by atoms with E-state index in [1.54, 1.807) is 0 Å². The lowest BCUT2D eigenvalue weighted by Crippen LogP contribution is -2.28. The van der Waals surface area contributed by atoms with E-state index in [1.165, 1.54) is 11.1 Å². The summed E-state index contributed by atoms with van der Waals surface area (Å²) in [6.45, 7) is 8.38. The number of rotatable bonds is 0. The van der Waals surface area contributed by atoms with Gasteiger partial charge in [-0.3, -0.25) is 4.79 Å². The molecule has 1 saturated heterocycles. The molecular weight excluding hydrogens is 200 g/mol. The number of ether oxygens (including phenoxy) is 1. The van der Waals surface area contributed by atoms with Gasteiger partial charge in [0.05, 0.1) is 6.42 Å². The monoisotopic (exact) mass is 218 g/mol. The third-order valence-corrected chi connectivity index (χ3v) is 4.56. The van der Waals surface area contributed by atoms with Crippen LogP contribution >= 0.6 is 0 Å². The summed E-state index contributed by atoms with van der Waals surface area (Å²) >= 11 is 0. The maximum Gasteiger partial charge on any atom is 0.306 e. The molecule has 0 aromatic rings. The number of carbonyl (C=O) groups is 1. The standard InChI is InChI=1S/C14H18O2/c1-8-3-5-10-7-12(15)16-14(10)13-9(2)4-6-11(8)13/h10-11,13-14H,1-7H2. The van der Waals surface area contributed by atoms with E-state index in [0.29, 0.717) is 24.2 Å². The van der Waals surface area contributed by atoms with Crippen molar-refractivity contribution in [3.05, 3.63) is 24.3 Å². The van der Waals surface area contributed by atoms with Crippen molar-refractivity contribution in [2.75, 3.05) is 0 Å². The summed E-state index contributed by atoms with van der Waals surface area (Å²) in [4.78, 5) is 11.4. The van der Waals surface area contributed by atoms with E-state index in [-0.39, 0.29) is 12.1 Å². The predicted molar refractivity (Wildman–Crippen MR) is 61.7 cm³/mol. The van der Waals surface area contributed by atoms with Gasteiger partial charge in [0, 0.05) is 11.8 Å². The summed E-state index contributed by atoms with van der Waals surface area (Å²) in [5.74, 6) is 1.29. The molecule has 3 fully saturated rings. The lowest BCUT2D eigenvalue weighted by atomic mass is 9.83.